The van der Waals surface area contributed by atoms with Gasteiger partial charge in [0.1, 0.15) is 0 Å². The third-order valence-electron chi connectivity index (χ3n) is 6.39. The maximum absolute atomic E-state index is 10.3. The van der Waals surface area contributed by atoms with Crippen LogP contribution >= 0.6 is 0 Å². The smallest absolute Gasteiger partial charge is 0.336 e. The van der Waals surface area contributed by atoms with Gasteiger partial charge in [-0.1, -0.05) is 31.9 Å². The van der Waals surface area contributed by atoms with E-state index in [4.69, 9.17) is 25.2 Å². The summed E-state index contributed by atoms with van der Waals surface area (Å²) in [6.07, 6.45) is 0.719. The molecule has 0 aliphatic heterocycles. The van der Waals surface area contributed by atoms with Crippen LogP contribution in [0.25, 0.3) is 0 Å². The van der Waals surface area contributed by atoms with Gasteiger partial charge in [0.15, 0.2) is 5.60 Å². The zero-order valence-corrected chi connectivity index (χ0v) is 19.2. The molecule has 0 amide bonds. The van der Waals surface area contributed by atoms with Crippen molar-refractivity contribution in [2.24, 2.45) is 11.3 Å². The second kappa shape index (κ2) is 11.1. The van der Waals surface area contributed by atoms with Crippen molar-refractivity contribution in [1.29, 1.82) is 0 Å². The number of hydrogen-bond donors (Lipinski definition) is 4. The third-order valence-corrected chi connectivity index (χ3v) is 6.39. The summed E-state index contributed by atoms with van der Waals surface area (Å²) in [5, 5.41) is 33.8. The van der Waals surface area contributed by atoms with Gasteiger partial charge in [0, 0.05) is 12.0 Å². The zero-order valence-electron chi connectivity index (χ0n) is 19.2. The molecule has 0 saturated heterocycles. The average molecular weight is 444 g/mol. The highest BCUT2D eigenvalue weighted by Gasteiger charge is 2.62. The molecule has 2 aliphatic carbocycles. The molecule has 3 atom stereocenters. The molecule has 0 radical (unpaired) electrons. The number of aliphatic hydroxyl groups is 1. The molecule has 2 saturated carbocycles. The molecule has 9 nitrogen and oxygen atoms in total. The highest BCUT2D eigenvalue weighted by Crippen LogP contribution is 2.67. The highest BCUT2D eigenvalue weighted by molar-refractivity contribution is 5.88. The van der Waals surface area contributed by atoms with Crippen LogP contribution in [0.5, 0.6) is 0 Å². The van der Waals surface area contributed by atoms with E-state index < -0.39 is 36.4 Å². The van der Waals surface area contributed by atoms with Crippen LogP contribution in [0.1, 0.15) is 60.3 Å². The van der Waals surface area contributed by atoms with E-state index in [9.17, 15) is 14.4 Å². The van der Waals surface area contributed by atoms with Crippen LogP contribution in [0.15, 0.2) is 11.1 Å². The number of nitrogens with zero attached hydrogens (tertiary/aromatic N) is 1. The van der Waals surface area contributed by atoms with Gasteiger partial charge in [0.2, 0.25) is 0 Å². The summed E-state index contributed by atoms with van der Waals surface area (Å²) in [6.45, 7) is 15.6. The van der Waals surface area contributed by atoms with Gasteiger partial charge >= 0.3 is 17.9 Å². The Hall–Kier alpha value is -1.97. The van der Waals surface area contributed by atoms with Crippen molar-refractivity contribution < 1.29 is 39.5 Å². The lowest BCUT2D eigenvalue weighted by Gasteiger charge is -2.23. The van der Waals surface area contributed by atoms with Gasteiger partial charge in [-0.3, -0.25) is 9.59 Å². The second-order valence-electron chi connectivity index (χ2n) is 8.86. The number of ether oxygens (including phenoxy) is 1. The maximum atomic E-state index is 10.3. The van der Waals surface area contributed by atoms with Crippen molar-refractivity contribution in [2.45, 2.75) is 72.0 Å². The predicted molar refractivity (Wildman–Crippen MR) is 114 cm³/mol. The van der Waals surface area contributed by atoms with E-state index in [1.807, 2.05) is 0 Å². The van der Waals surface area contributed by atoms with Crippen LogP contribution in [0, 0.1) is 11.3 Å². The first-order valence-corrected chi connectivity index (χ1v) is 10.7. The Bertz CT molecular complexity index is 680. The summed E-state index contributed by atoms with van der Waals surface area (Å²) in [5.74, 6) is -4.18. The normalized spacial score (nSPS) is 24.3. The fourth-order valence-corrected chi connectivity index (χ4v) is 4.21. The molecule has 178 valence electrons. The lowest BCUT2D eigenvalue weighted by atomic mass is 9.96. The minimum Gasteiger partial charge on any atom is -0.481 e. The molecule has 0 unspecified atom stereocenters. The molecule has 31 heavy (non-hydrogen) atoms. The molecule has 2 fully saturated rings. The highest BCUT2D eigenvalue weighted by atomic mass is 16.5. The topological polar surface area (TPSA) is 145 Å². The number of hydrogen-bond acceptors (Lipinski definition) is 6. The Labute approximate surface area is 183 Å². The summed E-state index contributed by atoms with van der Waals surface area (Å²) >= 11 is 0. The zero-order chi connectivity index (χ0) is 24.0. The SMILES string of the molecule is CCN(CC)CCO[C@@H]1CC(=C(C)C)[C@H]2C[C@@]21C.O=C(O)CC(O)(CC(=O)O)C(=O)O. The Balaban J connectivity index is 0.000000330. The number of carbonyl (C=O) groups is 3. The number of carboxylic acids is 3. The van der Waals surface area contributed by atoms with E-state index in [1.54, 1.807) is 5.57 Å². The molecule has 0 aromatic carbocycles. The largest absolute Gasteiger partial charge is 0.481 e. The predicted octanol–water partition coefficient (Wildman–Crippen LogP) is 2.23. The van der Waals surface area contributed by atoms with Crippen LogP contribution in [-0.4, -0.2) is 81.2 Å². The molecule has 0 aromatic heterocycles. The first-order chi connectivity index (χ1) is 14.3. The van der Waals surface area contributed by atoms with Crippen molar-refractivity contribution in [3.63, 3.8) is 0 Å². The Morgan fingerprint density at radius 3 is 1.97 bits per heavy atom. The Morgan fingerprint density at radius 1 is 1.10 bits per heavy atom. The van der Waals surface area contributed by atoms with Gasteiger partial charge in [-0.25, -0.2) is 4.79 Å². The number of fused-ring (bicyclic) bond motifs is 1. The van der Waals surface area contributed by atoms with Gasteiger partial charge < -0.3 is 30.1 Å². The van der Waals surface area contributed by atoms with Gasteiger partial charge in [0.25, 0.3) is 0 Å². The fraction of sp³-hybridized carbons (Fsp3) is 0.773. The van der Waals surface area contributed by atoms with Crippen molar-refractivity contribution >= 4 is 17.9 Å². The standard InChI is InChI=1S/C16H29NO.C6H8O7/c1-6-17(7-2)8-9-18-15-10-13(12(3)4)14-11-16(14,15)5;7-3(8)1-6(13,5(11)12)2-4(9)10/h14-15H,6-11H2,1-5H3;13H,1-2H2,(H,7,8)(H,9,10)(H,11,12)/t14-,15-,16+;/m1./s1. The minimum absolute atomic E-state index is 0.468. The Kier molecular flexibility index (Phi) is 9.66. The van der Waals surface area contributed by atoms with Crippen molar-refractivity contribution in [1.82, 2.24) is 4.90 Å². The van der Waals surface area contributed by atoms with E-state index in [1.165, 1.54) is 18.4 Å². The molecule has 2 aliphatic rings. The van der Waals surface area contributed by atoms with Gasteiger partial charge in [-0.2, -0.15) is 0 Å². The minimum atomic E-state index is -2.74. The molecular weight excluding hydrogens is 406 g/mol. The lowest BCUT2D eigenvalue weighted by Crippen LogP contribution is -2.42. The van der Waals surface area contributed by atoms with Crippen LogP contribution < -0.4 is 0 Å². The molecule has 9 heteroatoms. The first kappa shape index (κ1) is 27.1. The molecule has 0 spiro atoms. The fourth-order valence-electron chi connectivity index (χ4n) is 4.21. The molecular formula is C22H37NO8. The molecule has 2 rings (SSSR count). The maximum Gasteiger partial charge on any atom is 0.336 e. The lowest BCUT2D eigenvalue weighted by molar-refractivity contribution is -0.170. The third kappa shape index (κ3) is 7.29. The van der Waals surface area contributed by atoms with E-state index >= 15 is 0 Å². The number of rotatable bonds is 11. The number of carboxylic acid groups (broad SMARTS) is 3. The van der Waals surface area contributed by atoms with Gasteiger partial charge in [-0.15, -0.1) is 0 Å². The van der Waals surface area contributed by atoms with Crippen molar-refractivity contribution in [2.75, 3.05) is 26.2 Å². The molecule has 4 N–H and O–H groups in total. The Morgan fingerprint density at radius 2 is 1.61 bits per heavy atom. The monoisotopic (exact) mass is 443 g/mol. The van der Waals surface area contributed by atoms with Crippen LogP contribution in [0.3, 0.4) is 0 Å². The van der Waals surface area contributed by atoms with E-state index in [2.05, 4.69) is 39.5 Å². The summed E-state index contributed by atoms with van der Waals surface area (Å²) in [4.78, 5) is 32.9. The summed E-state index contributed by atoms with van der Waals surface area (Å²) in [6, 6.07) is 0. The van der Waals surface area contributed by atoms with Gasteiger partial charge in [0.05, 0.1) is 25.6 Å². The summed E-state index contributed by atoms with van der Waals surface area (Å²) in [5.41, 5.74) is 0.942. The molecule has 0 bridgehead atoms. The van der Waals surface area contributed by atoms with E-state index in [0.717, 1.165) is 32.2 Å². The number of allylic oxidation sites excluding steroid dienone is 1. The number of aliphatic carboxylic acids is 3. The van der Waals surface area contributed by atoms with E-state index in [0.29, 0.717) is 11.5 Å². The van der Waals surface area contributed by atoms with Crippen LogP contribution in [0.4, 0.5) is 0 Å². The van der Waals surface area contributed by atoms with Crippen molar-refractivity contribution in [3.05, 3.63) is 11.1 Å². The van der Waals surface area contributed by atoms with Crippen LogP contribution in [-0.2, 0) is 19.1 Å². The quantitative estimate of drug-likeness (QED) is 0.353. The molecule has 0 aromatic rings. The average Bonchev–Trinajstić information content (AvgIpc) is 3.24. The second-order valence-corrected chi connectivity index (χ2v) is 8.86. The van der Waals surface area contributed by atoms with Crippen LogP contribution in [0.2, 0.25) is 0 Å². The molecule has 0 heterocycles. The van der Waals surface area contributed by atoms with Crippen molar-refractivity contribution in [3.8, 4) is 0 Å². The van der Waals surface area contributed by atoms with E-state index in [-0.39, 0.29) is 0 Å². The summed E-state index contributed by atoms with van der Waals surface area (Å²) in [7, 11) is 0. The first-order valence-electron chi connectivity index (χ1n) is 10.7. The van der Waals surface area contributed by atoms with Gasteiger partial charge in [-0.05, 0) is 45.7 Å². The summed E-state index contributed by atoms with van der Waals surface area (Å²) < 4.78 is 6.20. The number of likely N-dealkylation sites (N-methyl/N-ethyl adjacent to an activating group) is 1.